The molecule has 3 rings (SSSR count). The van der Waals surface area contributed by atoms with Gasteiger partial charge in [-0.25, -0.2) is 9.97 Å². The number of hydrogen-bond donors (Lipinski definition) is 0. The number of hydrogen-bond acceptors (Lipinski definition) is 4. The van der Waals surface area contributed by atoms with Crippen molar-refractivity contribution in [1.29, 1.82) is 0 Å². The van der Waals surface area contributed by atoms with Gasteiger partial charge in [0.1, 0.15) is 5.69 Å². The van der Waals surface area contributed by atoms with Crippen molar-refractivity contribution in [2.24, 2.45) is 0 Å². The zero-order valence-corrected chi connectivity index (χ0v) is 13.0. The minimum absolute atomic E-state index is 0.509. The number of pyridine rings is 1. The highest BCUT2D eigenvalue weighted by atomic mass is 35.5. The van der Waals surface area contributed by atoms with Gasteiger partial charge >= 0.3 is 0 Å². The van der Waals surface area contributed by atoms with Crippen LogP contribution in [-0.4, -0.2) is 22.1 Å². The van der Waals surface area contributed by atoms with E-state index in [-0.39, 0.29) is 0 Å². The molecule has 0 spiro atoms. The number of methoxy groups -OCH3 is 1. The second kappa shape index (κ2) is 6.12. The fourth-order valence-corrected chi connectivity index (χ4v) is 2.38. The van der Waals surface area contributed by atoms with Gasteiger partial charge < -0.3 is 4.74 Å². The Hall–Kier alpha value is -2.46. The second-order valence-corrected chi connectivity index (χ2v) is 5.17. The Bertz CT molecular complexity index is 821. The predicted octanol–water partition coefficient (Wildman–Crippen LogP) is 4.18. The van der Waals surface area contributed by atoms with Gasteiger partial charge in [0.2, 0.25) is 5.88 Å². The molecule has 0 radical (unpaired) electrons. The zero-order valence-electron chi connectivity index (χ0n) is 12.2. The molecule has 3 aromatic rings. The molecule has 0 amide bonds. The molecule has 0 aliphatic carbocycles. The normalized spacial score (nSPS) is 10.5. The Kier molecular flexibility index (Phi) is 4.02. The van der Waals surface area contributed by atoms with Gasteiger partial charge in [-0.15, -0.1) is 0 Å². The highest BCUT2D eigenvalue weighted by Gasteiger charge is 2.11. The molecule has 5 heteroatoms. The van der Waals surface area contributed by atoms with E-state index in [1.165, 1.54) is 0 Å². The number of benzene rings is 1. The average molecular weight is 312 g/mol. The predicted molar refractivity (Wildman–Crippen MR) is 87.0 cm³/mol. The van der Waals surface area contributed by atoms with E-state index in [1.807, 2.05) is 43.3 Å². The van der Waals surface area contributed by atoms with Gasteiger partial charge in [0.05, 0.1) is 12.8 Å². The fourth-order valence-electron chi connectivity index (χ4n) is 2.14. The monoisotopic (exact) mass is 311 g/mol. The van der Waals surface area contributed by atoms with Crippen molar-refractivity contribution in [3.05, 3.63) is 59.2 Å². The fraction of sp³-hybridized carbons (Fsp3) is 0.118. The van der Waals surface area contributed by atoms with E-state index >= 15 is 0 Å². The van der Waals surface area contributed by atoms with Gasteiger partial charge in [-0.2, -0.15) is 4.98 Å². The number of aromatic nitrogens is 3. The van der Waals surface area contributed by atoms with E-state index in [4.69, 9.17) is 16.3 Å². The smallest absolute Gasteiger partial charge is 0.216 e. The van der Waals surface area contributed by atoms with E-state index in [0.717, 1.165) is 22.5 Å². The first-order chi connectivity index (χ1) is 10.7. The van der Waals surface area contributed by atoms with Crippen LogP contribution in [0.25, 0.3) is 22.8 Å². The lowest BCUT2D eigenvalue weighted by molar-refractivity contribution is 0.397. The first-order valence-electron chi connectivity index (χ1n) is 6.79. The van der Waals surface area contributed by atoms with Crippen LogP contribution in [0, 0.1) is 6.92 Å². The van der Waals surface area contributed by atoms with Gasteiger partial charge in [-0.1, -0.05) is 35.9 Å². The molecule has 0 saturated carbocycles. The summed E-state index contributed by atoms with van der Waals surface area (Å²) in [5.74, 6) is 1.04. The number of rotatable bonds is 3. The number of ether oxygens (including phenoxy) is 1. The van der Waals surface area contributed by atoms with Crippen LogP contribution in [0.3, 0.4) is 0 Å². The van der Waals surface area contributed by atoms with Gasteiger partial charge in [-0.05, 0) is 24.6 Å². The summed E-state index contributed by atoms with van der Waals surface area (Å²) in [7, 11) is 1.58. The minimum Gasteiger partial charge on any atom is -0.481 e. The maximum Gasteiger partial charge on any atom is 0.216 e. The van der Waals surface area contributed by atoms with Gasteiger partial charge in [-0.3, -0.25) is 0 Å². The van der Waals surface area contributed by atoms with Crippen molar-refractivity contribution in [3.8, 4) is 28.7 Å². The third kappa shape index (κ3) is 2.78. The molecule has 0 atom stereocenters. The molecule has 0 N–H and O–H groups in total. The lowest BCUT2D eigenvalue weighted by atomic mass is 10.1. The van der Waals surface area contributed by atoms with Gasteiger partial charge in [0.15, 0.2) is 5.82 Å². The third-order valence-electron chi connectivity index (χ3n) is 3.30. The van der Waals surface area contributed by atoms with E-state index in [1.54, 1.807) is 19.4 Å². The van der Waals surface area contributed by atoms with Crippen LogP contribution in [-0.2, 0) is 0 Å². The summed E-state index contributed by atoms with van der Waals surface area (Å²) >= 11 is 6.25. The maximum atomic E-state index is 6.25. The van der Waals surface area contributed by atoms with Crippen LogP contribution in [0.5, 0.6) is 5.88 Å². The molecule has 22 heavy (non-hydrogen) atoms. The molecule has 0 aliphatic heterocycles. The van der Waals surface area contributed by atoms with Crippen LogP contribution in [0.4, 0.5) is 0 Å². The lowest BCUT2D eigenvalue weighted by Crippen LogP contribution is -1.98. The van der Waals surface area contributed by atoms with Crippen molar-refractivity contribution < 1.29 is 4.74 Å². The summed E-state index contributed by atoms with van der Waals surface area (Å²) in [6, 6.07) is 13.3. The average Bonchev–Trinajstić information content (AvgIpc) is 2.56. The highest BCUT2D eigenvalue weighted by molar-refractivity contribution is 6.33. The molecule has 2 aromatic heterocycles. The molecule has 110 valence electrons. The molecule has 0 fully saturated rings. The Morgan fingerprint density at radius 2 is 1.82 bits per heavy atom. The molecule has 0 bridgehead atoms. The topological polar surface area (TPSA) is 47.9 Å². The molecule has 4 nitrogen and oxygen atoms in total. The van der Waals surface area contributed by atoms with Crippen LogP contribution < -0.4 is 4.74 Å². The quantitative estimate of drug-likeness (QED) is 0.728. The third-order valence-corrected chi connectivity index (χ3v) is 3.63. The molecular weight excluding hydrogens is 298 g/mol. The summed E-state index contributed by atoms with van der Waals surface area (Å²) in [5, 5.41) is 0.663. The summed E-state index contributed by atoms with van der Waals surface area (Å²) in [6.45, 7) is 1.97. The van der Waals surface area contributed by atoms with Crippen LogP contribution in [0.15, 0.2) is 48.7 Å². The lowest BCUT2D eigenvalue weighted by Gasteiger charge is -2.09. The maximum absolute atomic E-state index is 6.25. The molecule has 2 heterocycles. The van der Waals surface area contributed by atoms with Gasteiger partial charge in [0, 0.05) is 22.8 Å². The van der Waals surface area contributed by atoms with Crippen LogP contribution in [0.1, 0.15) is 5.56 Å². The zero-order chi connectivity index (χ0) is 15.5. The van der Waals surface area contributed by atoms with Crippen molar-refractivity contribution in [3.63, 3.8) is 0 Å². The first kappa shape index (κ1) is 14.5. The summed E-state index contributed by atoms with van der Waals surface area (Å²) < 4.78 is 5.15. The molecular formula is C17H14ClN3O. The van der Waals surface area contributed by atoms with Crippen molar-refractivity contribution in [1.82, 2.24) is 15.0 Å². The Morgan fingerprint density at radius 1 is 1.00 bits per heavy atom. The highest BCUT2D eigenvalue weighted by Crippen LogP contribution is 2.29. The standard InChI is InChI=1S/C17H14ClN3O/c1-11-7-8-14(12-5-3-4-6-13(12)18)20-16(11)17-19-10-9-15(21-17)22-2/h3-10H,1-2H3. The van der Waals surface area contributed by atoms with E-state index in [0.29, 0.717) is 16.7 Å². The molecule has 0 unspecified atom stereocenters. The second-order valence-electron chi connectivity index (χ2n) is 4.76. The van der Waals surface area contributed by atoms with Crippen LogP contribution in [0.2, 0.25) is 5.02 Å². The summed E-state index contributed by atoms with van der Waals surface area (Å²) in [6.07, 6.45) is 1.66. The van der Waals surface area contributed by atoms with Crippen LogP contribution >= 0.6 is 11.6 Å². The Labute approximate surface area is 133 Å². The molecule has 0 saturated heterocycles. The van der Waals surface area contributed by atoms with E-state index in [9.17, 15) is 0 Å². The van der Waals surface area contributed by atoms with E-state index in [2.05, 4.69) is 15.0 Å². The number of halogens is 1. The van der Waals surface area contributed by atoms with Crippen molar-refractivity contribution in [2.45, 2.75) is 6.92 Å². The molecule has 0 aliphatic rings. The minimum atomic E-state index is 0.509. The van der Waals surface area contributed by atoms with Crippen molar-refractivity contribution >= 4 is 11.6 Å². The number of aryl methyl sites for hydroxylation is 1. The Balaban J connectivity index is 2.13. The summed E-state index contributed by atoms with van der Waals surface area (Å²) in [5.41, 5.74) is 3.38. The summed E-state index contributed by atoms with van der Waals surface area (Å²) in [4.78, 5) is 13.3. The Morgan fingerprint density at radius 3 is 2.59 bits per heavy atom. The largest absolute Gasteiger partial charge is 0.481 e. The first-order valence-corrected chi connectivity index (χ1v) is 7.17. The van der Waals surface area contributed by atoms with Crippen molar-refractivity contribution in [2.75, 3.05) is 7.11 Å². The SMILES string of the molecule is COc1ccnc(-c2nc(-c3ccccc3Cl)ccc2C)n1. The number of nitrogens with zero attached hydrogens (tertiary/aromatic N) is 3. The van der Waals surface area contributed by atoms with Gasteiger partial charge in [0.25, 0.3) is 0 Å². The molecule has 1 aromatic carbocycles. The van der Waals surface area contributed by atoms with E-state index < -0.39 is 0 Å².